The number of quaternary nitrogens is 1. The predicted octanol–water partition coefficient (Wildman–Crippen LogP) is 3.53. The lowest BCUT2D eigenvalue weighted by atomic mass is 10.2. The van der Waals surface area contributed by atoms with E-state index in [-0.39, 0.29) is 23.1 Å². The van der Waals surface area contributed by atoms with Crippen molar-refractivity contribution in [3.63, 3.8) is 0 Å². The molecule has 0 aliphatic carbocycles. The molecule has 2 aromatic rings. The topological polar surface area (TPSA) is 65.8 Å². The van der Waals surface area contributed by atoms with Crippen LogP contribution in [-0.2, 0) is 0 Å². The molecule has 2 heterocycles. The lowest BCUT2D eigenvalue weighted by Gasteiger charge is -2.32. The fraction of sp³-hybridized carbons (Fsp3) is 0.353. The van der Waals surface area contributed by atoms with Crippen LogP contribution in [0.4, 0.5) is 10.6 Å². The van der Waals surface area contributed by atoms with Crippen LogP contribution in [0.15, 0.2) is 35.7 Å². The highest BCUT2D eigenvalue weighted by Crippen LogP contribution is 2.37. The van der Waals surface area contributed by atoms with E-state index in [1.54, 1.807) is 11.3 Å². The van der Waals surface area contributed by atoms with Crippen molar-refractivity contribution in [3.8, 4) is 16.6 Å². The molecule has 1 fully saturated rings. The second kappa shape index (κ2) is 6.49. The van der Waals surface area contributed by atoms with Crippen molar-refractivity contribution in [2.24, 2.45) is 0 Å². The molecule has 2 atom stereocenters. The van der Waals surface area contributed by atoms with Crippen LogP contribution < -0.4 is 9.80 Å². The highest BCUT2D eigenvalue weighted by atomic mass is 32.1. The van der Waals surface area contributed by atoms with Crippen LogP contribution in [-0.4, -0.2) is 30.1 Å². The van der Waals surface area contributed by atoms with E-state index in [1.807, 2.05) is 41.8 Å². The number of likely N-dealkylation sites (tertiary alicyclic amines) is 1. The minimum Gasteiger partial charge on any atom is -0.292 e. The fourth-order valence-corrected chi connectivity index (χ4v) is 4.12. The third kappa shape index (κ3) is 2.74. The number of nitrogens with zero attached hydrogens (tertiary/aromatic N) is 3. The predicted molar refractivity (Wildman–Crippen MR) is 91.9 cm³/mol. The number of carbonyl (C=O) groups is 1. The Hall–Kier alpha value is -2.23. The molecule has 0 saturated carbocycles. The number of hydrogen-bond donors (Lipinski definition) is 1. The van der Waals surface area contributed by atoms with Crippen LogP contribution in [0.2, 0.25) is 0 Å². The molecule has 1 unspecified atom stereocenters. The van der Waals surface area contributed by atoms with E-state index in [9.17, 15) is 4.79 Å². The summed E-state index contributed by atoms with van der Waals surface area (Å²) in [7, 11) is 0. The molecule has 2 amide bonds. The van der Waals surface area contributed by atoms with E-state index >= 15 is 0 Å². The second-order valence-corrected chi connectivity index (χ2v) is 6.64. The molecular formula is C17H19N4OS+. The molecule has 3 rings (SSSR count). The summed E-state index contributed by atoms with van der Waals surface area (Å²) in [5, 5.41) is 14.4. The van der Waals surface area contributed by atoms with Gasteiger partial charge in [-0.05, 0) is 6.92 Å². The molecule has 1 saturated heterocycles. The van der Waals surface area contributed by atoms with Gasteiger partial charge < -0.3 is 0 Å². The number of amides is 2. The summed E-state index contributed by atoms with van der Waals surface area (Å²) in [6.07, 6.45) is 1.97. The van der Waals surface area contributed by atoms with Gasteiger partial charge in [-0.3, -0.25) is 5.32 Å². The van der Waals surface area contributed by atoms with Gasteiger partial charge in [0.15, 0.2) is 0 Å². The molecule has 118 valence electrons. The zero-order valence-corrected chi connectivity index (χ0v) is 13.8. The molecule has 6 heteroatoms. The van der Waals surface area contributed by atoms with E-state index in [0.29, 0.717) is 0 Å². The lowest BCUT2D eigenvalue weighted by molar-refractivity contribution is 0.196. The quantitative estimate of drug-likeness (QED) is 0.693. The summed E-state index contributed by atoms with van der Waals surface area (Å²) in [6, 6.07) is 12.0. The molecule has 1 N–H and O–H groups in total. The maximum Gasteiger partial charge on any atom is 0.424 e. The number of urea groups is 1. The summed E-state index contributed by atoms with van der Waals surface area (Å²) >= 11 is 1.56. The largest absolute Gasteiger partial charge is 0.424 e. The van der Waals surface area contributed by atoms with Gasteiger partial charge in [-0.1, -0.05) is 30.3 Å². The Balaban J connectivity index is 1.97. The van der Waals surface area contributed by atoms with Gasteiger partial charge in [0.25, 0.3) is 0 Å². The SMILES string of the molecule is C[C@@H]1CCC[N+]1(C(=O)NCC#N)c1csc(-c2ccccc2)n1. The van der Waals surface area contributed by atoms with Gasteiger partial charge in [-0.15, -0.1) is 11.3 Å². The summed E-state index contributed by atoms with van der Waals surface area (Å²) in [5.74, 6) is 0.786. The average molecular weight is 327 g/mol. The van der Waals surface area contributed by atoms with Crippen LogP contribution in [0.5, 0.6) is 0 Å². The first-order valence-electron chi connectivity index (χ1n) is 7.73. The molecule has 0 radical (unpaired) electrons. The summed E-state index contributed by atoms with van der Waals surface area (Å²) in [4.78, 5) is 17.5. The zero-order valence-electron chi connectivity index (χ0n) is 13.0. The number of aromatic nitrogens is 1. The minimum atomic E-state index is -0.124. The van der Waals surface area contributed by atoms with Crippen molar-refractivity contribution in [2.75, 3.05) is 13.1 Å². The van der Waals surface area contributed by atoms with Gasteiger partial charge in [0.2, 0.25) is 5.82 Å². The number of nitrogens with one attached hydrogen (secondary N) is 1. The maximum absolute atomic E-state index is 12.8. The molecule has 5 nitrogen and oxygen atoms in total. The Kier molecular flexibility index (Phi) is 4.42. The number of nitriles is 1. The number of thiazole rings is 1. The van der Waals surface area contributed by atoms with Crippen LogP contribution >= 0.6 is 11.3 Å². The first kappa shape index (κ1) is 15.7. The van der Waals surface area contributed by atoms with Gasteiger partial charge >= 0.3 is 6.03 Å². The van der Waals surface area contributed by atoms with Gasteiger partial charge in [0.05, 0.1) is 18.0 Å². The summed E-state index contributed by atoms with van der Waals surface area (Å²) in [6.45, 7) is 2.85. The molecule has 0 spiro atoms. The van der Waals surface area contributed by atoms with Crippen molar-refractivity contribution in [1.82, 2.24) is 14.8 Å². The van der Waals surface area contributed by atoms with E-state index in [0.717, 1.165) is 35.8 Å². The van der Waals surface area contributed by atoms with Crippen molar-refractivity contribution >= 4 is 23.2 Å². The number of carbonyl (C=O) groups excluding carboxylic acids is 1. The molecular weight excluding hydrogens is 308 g/mol. The third-order valence-corrected chi connectivity index (χ3v) is 5.37. The minimum absolute atomic E-state index is 0.0290. The zero-order chi connectivity index (χ0) is 16.3. The van der Waals surface area contributed by atoms with Crippen LogP contribution in [0.3, 0.4) is 0 Å². The highest BCUT2D eigenvalue weighted by molar-refractivity contribution is 7.13. The Labute approximate surface area is 139 Å². The van der Waals surface area contributed by atoms with Gasteiger partial charge in [0.1, 0.15) is 17.6 Å². The van der Waals surface area contributed by atoms with Crippen LogP contribution in [0.25, 0.3) is 10.6 Å². The Morgan fingerprint density at radius 3 is 2.91 bits per heavy atom. The Bertz CT molecular complexity index is 737. The third-order valence-electron chi connectivity index (χ3n) is 4.49. The smallest absolute Gasteiger partial charge is 0.292 e. The first-order chi connectivity index (χ1) is 11.2. The van der Waals surface area contributed by atoms with Crippen molar-refractivity contribution in [2.45, 2.75) is 25.8 Å². The Morgan fingerprint density at radius 2 is 2.26 bits per heavy atom. The summed E-state index contributed by atoms with van der Waals surface area (Å²) < 4.78 is 0.199. The van der Waals surface area contributed by atoms with Crippen molar-refractivity contribution in [1.29, 1.82) is 5.26 Å². The van der Waals surface area contributed by atoms with E-state index in [4.69, 9.17) is 10.2 Å². The van der Waals surface area contributed by atoms with Crippen LogP contribution in [0, 0.1) is 11.3 Å². The van der Waals surface area contributed by atoms with Gasteiger partial charge in [-0.2, -0.15) is 14.7 Å². The lowest BCUT2D eigenvalue weighted by Crippen LogP contribution is -2.61. The molecule has 1 aliphatic rings. The molecule has 0 bridgehead atoms. The number of rotatable bonds is 3. The average Bonchev–Trinajstić information content (AvgIpc) is 3.21. The maximum atomic E-state index is 12.8. The standard InChI is InChI=1S/C17H18N4OS/c1-13-6-5-11-21(13,17(22)19-10-9-18)15-12-23-16(20-15)14-7-3-2-4-8-14/h2-4,7-8,12-13H,5-6,10-11H2,1H3/p+1/t13-,21?/m1/s1. The normalized spacial score (nSPS) is 23.4. The van der Waals surface area contributed by atoms with E-state index in [2.05, 4.69) is 12.2 Å². The van der Waals surface area contributed by atoms with Crippen molar-refractivity contribution in [3.05, 3.63) is 35.7 Å². The number of hydrogen-bond acceptors (Lipinski definition) is 4. The van der Waals surface area contributed by atoms with Gasteiger partial charge in [0, 0.05) is 18.4 Å². The first-order valence-corrected chi connectivity index (χ1v) is 8.61. The monoisotopic (exact) mass is 327 g/mol. The van der Waals surface area contributed by atoms with Crippen molar-refractivity contribution < 1.29 is 4.79 Å². The van der Waals surface area contributed by atoms with E-state index in [1.165, 1.54) is 0 Å². The molecule has 23 heavy (non-hydrogen) atoms. The highest BCUT2D eigenvalue weighted by Gasteiger charge is 2.49. The van der Waals surface area contributed by atoms with Gasteiger partial charge in [-0.25, -0.2) is 4.79 Å². The summed E-state index contributed by atoms with van der Waals surface area (Å²) in [5.41, 5.74) is 1.06. The molecule has 1 aromatic carbocycles. The molecule has 1 aromatic heterocycles. The van der Waals surface area contributed by atoms with E-state index < -0.39 is 0 Å². The second-order valence-electron chi connectivity index (χ2n) is 5.78. The number of benzene rings is 1. The Morgan fingerprint density at radius 1 is 1.48 bits per heavy atom. The van der Waals surface area contributed by atoms with Crippen LogP contribution in [0.1, 0.15) is 19.8 Å². The molecule has 1 aliphatic heterocycles. The fourth-order valence-electron chi connectivity index (χ4n) is 3.24.